The number of rotatable bonds is 0. The minimum Gasteiger partial charge on any atom is -0.428 e. The zero-order valence-electron chi connectivity index (χ0n) is 6.36. The lowest BCUT2D eigenvalue weighted by molar-refractivity contribution is 0.189. The zero-order valence-corrected chi connectivity index (χ0v) is 6.36. The average Bonchev–Trinajstić information content (AvgIpc) is 2.07. The molecule has 3 heteroatoms. The third kappa shape index (κ3) is 0.955. The van der Waals surface area contributed by atoms with Crippen LogP contribution in [0.4, 0.5) is 0 Å². The summed E-state index contributed by atoms with van der Waals surface area (Å²) in [6.45, 7) is 0. The largest absolute Gasteiger partial charge is 0.428 e. The van der Waals surface area contributed by atoms with E-state index in [9.17, 15) is 5.21 Å². The Morgan fingerprint density at radius 3 is 2.92 bits per heavy atom. The first-order valence-corrected chi connectivity index (χ1v) is 3.63. The molecule has 0 radical (unpaired) electrons. The number of fused-ring (bicyclic) bond motifs is 1. The van der Waals surface area contributed by atoms with Crippen LogP contribution >= 0.6 is 0 Å². The molecule has 0 bridgehead atoms. The van der Waals surface area contributed by atoms with E-state index >= 15 is 0 Å². The predicted octanol–water partition coefficient (Wildman–Crippen LogP) is 1.31. The Morgan fingerprint density at radius 1 is 1.25 bits per heavy atom. The minimum absolute atomic E-state index is 0.400. The van der Waals surface area contributed by atoms with Crippen molar-refractivity contribution in [3.63, 3.8) is 0 Å². The first kappa shape index (κ1) is 6.91. The maximum Gasteiger partial charge on any atom is 0.0886 e. The number of benzene rings is 1. The van der Waals surface area contributed by atoms with Gasteiger partial charge in [0.15, 0.2) is 0 Å². The van der Waals surface area contributed by atoms with Gasteiger partial charge in [-0.05, 0) is 18.2 Å². The highest BCUT2D eigenvalue weighted by molar-refractivity contribution is 5.59. The molecular weight excluding hydrogens is 152 g/mol. The van der Waals surface area contributed by atoms with E-state index in [4.69, 9.17) is 5.41 Å². The van der Waals surface area contributed by atoms with E-state index < -0.39 is 0 Å². The standard InChI is InChI=1S/C9H8N2O/c10-8-4-3-7-2-1-5-11(12)9(7)6-8/h1-6,10,12H. The zero-order chi connectivity index (χ0) is 8.55. The van der Waals surface area contributed by atoms with Crippen molar-refractivity contribution in [3.8, 4) is 11.3 Å². The summed E-state index contributed by atoms with van der Waals surface area (Å²) in [5.74, 6) is 0. The van der Waals surface area contributed by atoms with Crippen LogP contribution in [0.3, 0.4) is 0 Å². The Kier molecular flexibility index (Phi) is 1.37. The molecule has 3 nitrogen and oxygen atoms in total. The first-order valence-electron chi connectivity index (χ1n) is 3.63. The van der Waals surface area contributed by atoms with Crippen LogP contribution in [0.25, 0.3) is 11.3 Å². The smallest absolute Gasteiger partial charge is 0.0886 e. The predicted molar refractivity (Wildman–Crippen MR) is 44.1 cm³/mol. The van der Waals surface area contributed by atoms with Gasteiger partial charge in [0.05, 0.1) is 11.1 Å². The summed E-state index contributed by atoms with van der Waals surface area (Å²) in [5.41, 5.74) is 1.58. The minimum atomic E-state index is 0.400. The van der Waals surface area contributed by atoms with Crippen molar-refractivity contribution in [1.82, 2.24) is 4.73 Å². The molecule has 1 heterocycles. The van der Waals surface area contributed by atoms with Crippen molar-refractivity contribution >= 4 is 0 Å². The molecule has 1 aliphatic heterocycles. The SMILES string of the molecule is N=c1ccc2cccn(O)c-2c1. The van der Waals surface area contributed by atoms with E-state index in [1.54, 1.807) is 24.4 Å². The van der Waals surface area contributed by atoms with Crippen molar-refractivity contribution in [2.75, 3.05) is 0 Å². The number of nitrogens with one attached hydrogen (secondary N) is 1. The highest BCUT2D eigenvalue weighted by Crippen LogP contribution is 2.16. The van der Waals surface area contributed by atoms with Gasteiger partial charge < -0.3 is 10.6 Å². The third-order valence-corrected chi connectivity index (χ3v) is 1.78. The van der Waals surface area contributed by atoms with E-state index in [1.165, 1.54) is 0 Å². The van der Waals surface area contributed by atoms with Crippen LogP contribution in [0.2, 0.25) is 0 Å². The normalized spacial score (nSPS) is 10.3. The molecule has 0 aromatic rings. The van der Waals surface area contributed by atoms with Gasteiger partial charge in [0.25, 0.3) is 0 Å². The number of aromatic nitrogens is 1. The Bertz CT molecular complexity index is 433. The lowest BCUT2D eigenvalue weighted by atomic mass is 10.1. The summed E-state index contributed by atoms with van der Waals surface area (Å²) >= 11 is 0. The van der Waals surface area contributed by atoms with Gasteiger partial charge in [0.2, 0.25) is 0 Å². The van der Waals surface area contributed by atoms with Crippen LogP contribution in [0.15, 0.2) is 36.5 Å². The van der Waals surface area contributed by atoms with Gasteiger partial charge in [-0.3, -0.25) is 0 Å². The molecular formula is C9H8N2O. The second-order valence-electron chi connectivity index (χ2n) is 2.63. The second-order valence-corrected chi connectivity index (χ2v) is 2.63. The van der Waals surface area contributed by atoms with Crippen LogP contribution in [0, 0.1) is 5.41 Å². The van der Waals surface area contributed by atoms with Gasteiger partial charge in [-0.25, -0.2) is 0 Å². The van der Waals surface area contributed by atoms with E-state index in [0.29, 0.717) is 11.1 Å². The fraction of sp³-hybridized carbons (Fsp3) is 0. The Morgan fingerprint density at radius 2 is 2.08 bits per heavy atom. The van der Waals surface area contributed by atoms with E-state index in [2.05, 4.69) is 0 Å². The Labute approximate surface area is 69.3 Å². The lowest BCUT2D eigenvalue weighted by Crippen LogP contribution is -2.04. The summed E-state index contributed by atoms with van der Waals surface area (Å²) in [6, 6.07) is 8.77. The van der Waals surface area contributed by atoms with Crippen molar-refractivity contribution in [2.24, 2.45) is 0 Å². The topological polar surface area (TPSA) is 49.0 Å². The van der Waals surface area contributed by atoms with Gasteiger partial charge in [-0.2, -0.15) is 4.73 Å². The molecule has 2 rings (SSSR count). The van der Waals surface area contributed by atoms with E-state index in [1.807, 2.05) is 12.1 Å². The van der Waals surface area contributed by atoms with Crippen molar-refractivity contribution in [1.29, 1.82) is 5.41 Å². The van der Waals surface area contributed by atoms with Crippen molar-refractivity contribution < 1.29 is 5.21 Å². The summed E-state index contributed by atoms with van der Waals surface area (Å²) in [5, 5.41) is 17.1. The van der Waals surface area contributed by atoms with Crippen LogP contribution in [-0.4, -0.2) is 9.94 Å². The number of hydrogen-bond acceptors (Lipinski definition) is 2. The maximum atomic E-state index is 9.33. The number of nitrogens with zero attached hydrogens (tertiary/aromatic N) is 1. The Hall–Kier alpha value is -1.77. The Balaban J connectivity index is 2.87. The van der Waals surface area contributed by atoms with Crippen LogP contribution in [0.5, 0.6) is 0 Å². The average molecular weight is 160 g/mol. The van der Waals surface area contributed by atoms with Crippen molar-refractivity contribution in [2.45, 2.75) is 0 Å². The molecule has 0 aromatic carbocycles. The molecule has 0 fully saturated rings. The highest BCUT2D eigenvalue weighted by atomic mass is 16.5. The number of hydrogen-bond donors (Lipinski definition) is 2. The molecule has 0 atom stereocenters. The van der Waals surface area contributed by atoms with Gasteiger partial charge in [0.1, 0.15) is 0 Å². The van der Waals surface area contributed by atoms with Gasteiger partial charge in [0, 0.05) is 11.8 Å². The fourth-order valence-electron chi connectivity index (χ4n) is 1.19. The number of pyridine rings is 1. The molecule has 0 saturated carbocycles. The molecule has 0 unspecified atom stereocenters. The monoisotopic (exact) mass is 160 g/mol. The first-order chi connectivity index (χ1) is 5.77. The lowest BCUT2D eigenvalue weighted by Gasteiger charge is -2.07. The highest BCUT2D eigenvalue weighted by Gasteiger charge is 2.02. The van der Waals surface area contributed by atoms with E-state index in [0.717, 1.165) is 10.3 Å². The van der Waals surface area contributed by atoms with E-state index in [-0.39, 0.29) is 0 Å². The quantitative estimate of drug-likeness (QED) is 0.561. The summed E-state index contributed by atoms with van der Waals surface area (Å²) in [6.07, 6.45) is 1.54. The molecule has 2 N–H and O–H groups in total. The van der Waals surface area contributed by atoms with Gasteiger partial charge in [-0.15, -0.1) is 0 Å². The molecule has 60 valence electrons. The summed E-state index contributed by atoms with van der Waals surface area (Å²) in [4.78, 5) is 0. The second kappa shape index (κ2) is 2.37. The van der Waals surface area contributed by atoms with Crippen molar-refractivity contribution in [3.05, 3.63) is 41.9 Å². The van der Waals surface area contributed by atoms with Crippen LogP contribution < -0.4 is 5.36 Å². The molecule has 12 heavy (non-hydrogen) atoms. The van der Waals surface area contributed by atoms with Crippen LogP contribution in [-0.2, 0) is 0 Å². The maximum absolute atomic E-state index is 9.33. The summed E-state index contributed by atoms with van der Waals surface area (Å²) < 4.78 is 1.02. The molecule has 1 aliphatic carbocycles. The van der Waals surface area contributed by atoms with Crippen LogP contribution in [0.1, 0.15) is 0 Å². The third-order valence-electron chi connectivity index (χ3n) is 1.78. The molecule has 0 amide bonds. The fourth-order valence-corrected chi connectivity index (χ4v) is 1.19. The van der Waals surface area contributed by atoms with Gasteiger partial charge >= 0.3 is 0 Å². The van der Waals surface area contributed by atoms with Gasteiger partial charge in [-0.1, -0.05) is 12.1 Å². The molecule has 0 saturated heterocycles. The molecule has 0 spiro atoms. The molecule has 0 aromatic heterocycles. The summed E-state index contributed by atoms with van der Waals surface area (Å²) in [7, 11) is 0. The molecule has 2 aliphatic rings.